The van der Waals surface area contributed by atoms with Crippen LogP contribution < -0.4 is 5.32 Å². The van der Waals surface area contributed by atoms with Crippen LogP contribution in [0.25, 0.3) is 11.5 Å². The Morgan fingerprint density at radius 1 is 0.950 bits per heavy atom. The molecule has 1 aromatic carbocycles. The molecule has 0 atom stereocenters. The average molecular weight is 266 g/mol. The second-order valence-electron chi connectivity index (χ2n) is 4.57. The maximum atomic E-state index is 5.58. The molecular formula is C15H14N4O. The van der Waals surface area contributed by atoms with Gasteiger partial charge in [0.1, 0.15) is 0 Å². The molecule has 0 saturated heterocycles. The molecule has 1 N–H and O–H groups in total. The molecule has 2 heterocycles. The Hall–Kier alpha value is -2.69. The first-order chi connectivity index (χ1) is 9.72. The van der Waals surface area contributed by atoms with Crippen molar-refractivity contribution in [1.82, 2.24) is 15.2 Å². The summed E-state index contributed by atoms with van der Waals surface area (Å²) in [7, 11) is 0. The van der Waals surface area contributed by atoms with Crippen LogP contribution >= 0.6 is 0 Å². The lowest BCUT2D eigenvalue weighted by Crippen LogP contribution is -1.91. The minimum absolute atomic E-state index is 0.375. The minimum Gasteiger partial charge on any atom is -0.403 e. The van der Waals surface area contributed by atoms with E-state index in [1.807, 2.05) is 24.3 Å². The first-order valence-corrected chi connectivity index (χ1v) is 6.30. The summed E-state index contributed by atoms with van der Waals surface area (Å²) in [5, 5.41) is 11.1. The number of hydrogen-bond acceptors (Lipinski definition) is 5. The molecule has 100 valence electrons. The molecule has 2 aromatic heterocycles. The zero-order valence-electron chi connectivity index (χ0n) is 11.3. The van der Waals surface area contributed by atoms with E-state index in [2.05, 4.69) is 40.4 Å². The number of benzene rings is 1. The van der Waals surface area contributed by atoms with E-state index in [0.29, 0.717) is 11.9 Å². The van der Waals surface area contributed by atoms with Gasteiger partial charge in [-0.2, -0.15) is 0 Å². The zero-order chi connectivity index (χ0) is 13.9. The topological polar surface area (TPSA) is 63.8 Å². The Labute approximate surface area is 116 Å². The van der Waals surface area contributed by atoms with Crippen molar-refractivity contribution in [2.24, 2.45) is 0 Å². The summed E-state index contributed by atoms with van der Waals surface area (Å²) >= 11 is 0. The van der Waals surface area contributed by atoms with Crippen LogP contribution in [0.3, 0.4) is 0 Å². The van der Waals surface area contributed by atoms with Gasteiger partial charge in [0.2, 0.25) is 5.89 Å². The number of aryl methyl sites for hydroxylation is 2. The van der Waals surface area contributed by atoms with Crippen molar-refractivity contribution in [2.75, 3.05) is 5.32 Å². The summed E-state index contributed by atoms with van der Waals surface area (Å²) < 4.78 is 5.58. The summed E-state index contributed by atoms with van der Waals surface area (Å²) in [4.78, 5) is 3.96. The molecule has 0 aliphatic rings. The van der Waals surface area contributed by atoms with Crippen LogP contribution in [0.2, 0.25) is 0 Å². The van der Waals surface area contributed by atoms with Crippen molar-refractivity contribution < 1.29 is 4.42 Å². The van der Waals surface area contributed by atoms with Gasteiger partial charge in [-0.05, 0) is 49.2 Å². The van der Waals surface area contributed by atoms with Crippen molar-refractivity contribution in [3.05, 3.63) is 53.9 Å². The van der Waals surface area contributed by atoms with Crippen LogP contribution in [0.4, 0.5) is 11.7 Å². The fourth-order valence-corrected chi connectivity index (χ4v) is 1.83. The largest absolute Gasteiger partial charge is 0.403 e. The molecule has 0 aliphatic carbocycles. The lowest BCUT2D eigenvalue weighted by atomic mass is 10.1. The van der Waals surface area contributed by atoms with Gasteiger partial charge in [0.25, 0.3) is 0 Å². The van der Waals surface area contributed by atoms with E-state index < -0.39 is 0 Å². The maximum absolute atomic E-state index is 5.58. The van der Waals surface area contributed by atoms with Crippen LogP contribution in [-0.4, -0.2) is 15.2 Å². The fraction of sp³-hybridized carbons (Fsp3) is 0.133. The van der Waals surface area contributed by atoms with Crippen molar-refractivity contribution in [2.45, 2.75) is 13.8 Å². The molecule has 3 aromatic rings. The highest BCUT2D eigenvalue weighted by Crippen LogP contribution is 2.22. The average Bonchev–Trinajstić information content (AvgIpc) is 2.92. The van der Waals surface area contributed by atoms with Crippen LogP contribution in [0.1, 0.15) is 11.1 Å². The number of pyridine rings is 1. The summed E-state index contributed by atoms with van der Waals surface area (Å²) in [6, 6.07) is 10.1. The molecule has 5 nitrogen and oxygen atoms in total. The van der Waals surface area contributed by atoms with Crippen LogP contribution in [0, 0.1) is 13.8 Å². The number of rotatable bonds is 3. The molecule has 0 saturated carbocycles. The van der Waals surface area contributed by atoms with E-state index >= 15 is 0 Å². The van der Waals surface area contributed by atoms with E-state index in [1.54, 1.807) is 12.4 Å². The van der Waals surface area contributed by atoms with Gasteiger partial charge in [-0.15, -0.1) is 5.10 Å². The van der Waals surface area contributed by atoms with Gasteiger partial charge in [-0.25, -0.2) is 0 Å². The first kappa shape index (κ1) is 12.3. The summed E-state index contributed by atoms with van der Waals surface area (Å²) in [6.07, 6.45) is 3.38. The normalized spacial score (nSPS) is 10.5. The molecule has 5 heteroatoms. The van der Waals surface area contributed by atoms with E-state index in [1.165, 1.54) is 11.1 Å². The summed E-state index contributed by atoms with van der Waals surface area (Å²) in [6.45, 7) is 4.14. The molecule has 0 spiro atoms. The van der Waals surface area contributed by atoms with Crippen LogP contribution in [0.15, 0.2) is 47.1 Å². The van der Waals surface area contributed by atoms with E-state index in [4.69, 9.17) is 4.42 Å². The van der Waals surface area contributed by atoms with Gasteiger partial charge in [0.15, 0.2) is 0 Å². The van der Waals surface area contributed by atoms with Gasteiger partial charge in [0.05, 0.1) is 0 Å². The standard InChI is InChI=1S/C15H14N4O/c1-10-3-4-13(9-11(10)2)17-15-19-18-14(20-15)12-5-7-16-8-6-12/h3-9H,1-2H3,(H,17,19). The highest BCUT2D eigenvalue weighted by Gasteiger charge is 2.08. The van der Waals surface area contributed by atoms with E-state index in [0.717, 1.165) is 11.3 Å². The minimum atomic E-state index is 0.375. The molecule has 0 unspecified atom stereocenters. The Bertz CT molecular complexity index is 722. The molecule has 20 heavy (non-hydrogen) atoms. The van der Waals surface area contributed by atoms with Gasteiger partial charge in [0, 0.05) is 23.6 Å². The van der Waals surface area contributed by atoms with Gasteiger partial charge in [-0.3, -0.25) is 4.98 Å². The molecule has 0 radical (unpaired) electrons. The summed E-state index contributed by atoms with van der Waals surface area (Å²) in [5.74, 6) is 0.471. The number of aromatic nitrogens is 3. The van der Waals surface area contributed by atoms with Gasteiger partial charge < -0.3 is 9.73 Å². The Morgan fingerprint density at radius 3 is 2.50 bits per heavy atom. The maximum Gasteiger partial charge on any atom is 0.320 e. The van der Waals surface area contributed by atoms with Gasteiger partial charge in [-0.1, -0.05) is 11.2 Å². The third-order valence-corrected chi connectivity index (χ3v) is 3.11. The molecule has 0 bridgehead atoms. The van der Waals surface area contributed by atoms with E-state index in [-0.39, 0.29) is 0 Å². The SMILES string of the molecule is Cc1ccc(Nc2nnc(-c3ccncc3)o2)cc1C. The number of anilines is 2. The quantitative estimate of drug-likeness (QED) is 0.786. The first-order valence-electron chi connectivity index (χ1n) is 6.30. The number of hydrogen-bond donors (Lipinski definition) is 1. The van der Waals surface area contributed by atoms with E-state index in [9.17, 15) is 0 Å². The monoisotopic (exact) mass is 266 g/mol. The van der Waals surface area contributed by atoms with Crippen LogP contribution in [0.5, 0.6) is 0 Å². The molecule has 0 aliphatic heterocycles. The highest BCUT2D eigenvalue weighted by atomic mass is 16.4. The highest BCUT2D eigenvalue weighted by molar-refractivity contribution is 5.57. The molecule has 0 fully saturated rings. The molecular weight excluding hydrogens is 252 g/mol. The van der Waals surface area contributed by atoms with Gasteiger partial charge >= 0.3 is 6.01 Å². The van der Waals surface area contributed by atoms with Crippen molar-refractivity contribution in [3.8, 4) is 11.5 Å². The number of nitrogens with zero attached hydrogens (tertiary/aromatic N) is 3. The second kappa shape index (κ2) is 5.13. The van der Waals surface area contributed by atoms with Crippen molar-refractivity contribution in [1.29, 1.82) is 0 Å². The lowest BCUT2D eigenvalue weighted by Gasteiger charge is -2.04. The predicted molar refractivity (Wildman–Crippen MR) is 76.7 cm³/mol. The van der Waals surface area contributed by atoms with Crippen LogP contribution in [-0.2, 0) is 0 Å². The smallest absolute Gasteiger partial charge is 0.320 e. The third kappa shape index (κ3) is 2.51. The van der Waals surface area contributed by atoms with Crippen molar-refractivity contribution in [3.63, 3.8) is 0 Å². The Kier molecular flexibility index (Phi) is 3.16. The molecule has 0 amide bonds. The lowest BCUT2D eigenvalue weighted by molar-refractivity contribution is 0.587. The second-order valence-corrected chi connectivity index (χ2v) is 4.57. The van der Waals surface area contributed by atoms with Crippen molar-refractivity contribution >= 4 is 11.7 Å². The fourth-order valence-electron chi connectivity index (χ4n) is 1.83. The Balaban J connectivity index is 1.82. The zero-order valence-corrected chi connectivity index (χ0v) is 11.3. The Morgan fingerprint density at radius 2 is 1.75 bits per heavy atom. The summed E-state index contributed by atoms with van der Waals surface area (Å²) in [5.41, 5.74) is 4.24. The third-order valence-electron chi connectivity index (χ3n) is 3.11. The predicted octanol–water partition coefficient (Wildman–Crippen LogP) is 3.49. The molecule has 3 rings (SSSR count). The number of nitrogens with one attached hydrogen (secondary N) is 1.